The summed E-state index contributed by atoms with van der Waals surface area (Å²) >= 11 is 0. The largest absolute Gasteiger partial charge is 0.337 e. The Labute approximate surface area is 152 Å². The highest BCUT2D eigenvalue weighted by Gasteiger charge is 2.25. The number of hydrogen-bond donors (Lipinski definition) is 0. The van der Waals surface area contributed by atoms with Crippen LogP contribution in [0.2, 0.25) is 0 Å². The van der Waals surface area contributed by atoms with Gasteiger partial charge in [0, 0.05) is 44.5 Å². The molecule has 26 heavy (non-hydrogen) atoms. The lowest BCUT2D eigenvalue weighted by atomic mass is 10.2. The molecule has 3 rings (SSSR count). The van der Waals surface area contributed by atoms with Gasteiger partial charge in [-0.1, -0.05) is 0 Å². The third-order valence-electron chi connectivity index (χ3n) is 4.66. The molecule has 1 aromatic carbocycles. The van der Waals surface area contributed by atoms with E-state index in [0.29, 0.717) is 50.3 Å². The van der Waals surface area contributed by atoms with Crippen LogP contribution in [0.3, 0.4) is 0 Å². The van der Waals surface area contributed by atoms with Crippen LogP contribution in [0.15, 0.2) is 30.5 Å². The smallest absolute Gasteiger partial charge is 0.257 e. The van der Waals surface area contributed by atoms with Gasteiger partial charge in [0.05, 0.1) is 11.3 Å². The van der Waals surface area contributed by atoms with E-state index in [1.807, 2.05) is 13.8 Å². The number of hydrogen-bond acceptors (Lipinski definition) is 3. The topological polar surface area (TPSA) is 58.4 Å². The lowest BCUT2D eigenvalue weighted by Gasteiger charge is -2.22. The van der Waals surface area contributed by atoms with Crippen LogP contribution in [-0.2, 0) is 6.54 Å². The molecule has 1 aromatic heterocycles. The molecule has 0 N–H and O–H groups in total. The lowest BCUT2D eigenvalue weighted by Crippen LogP contribution is -2.37. The van der Waals surface area contributed by atoms with Crippen molar-refractivity contribution in [2.45, 2.75) is 26.8 Å². The fourth-order valence-electron chi connectivity index (χ4n) is 3.16. The fourth-order valence-corrected chi connectivity index (χ4v) is 3.16. The first-order valence-electron chi connectivity index (χ1n) is 8.87. The van der Waals surface area contributed by atoms with Gasteiger partial charge < -0.3 is 9.80 Å². The molecule has 0 saturated carbocycles. The molecule has 6 nitrogen and oxygen atoms in total. The van der Waals surface area contributed by atoms with Gasteiger partial charge in [-0.25, -0.2) is 4.39 Å². The Balaban J connectivity index is 1.67. The fraction of sp³-hybridized carbons (Fsp3) is 0.421. The summed E-state index contributed by atoms with van der Waals surface area (Å²) < 4.78 is 14.8. The normalized spacial score (nSPS) is 15.0. The minimum Gasteiger partial charge on any atom is -0.337 e. The molecule has 0 unspecified atom stereocenters. The van der Waals surface area contributed by atoms with E-state index < -0.39 is 0 Å². The third kappa shape index (κ3) is 3.76. The van der Waals surface area contributed by atoms with E-state index in [1.54, 1.807) is 20.7 Å². The number of amides is 2. The Hall–Kier alpha value is -2.70. The van der Waals surface area contributed by atoms with Crippen LogP contribution in [0.4, 0.5) is 4.39 Å². The maximum atomic E-state index is 13.0. The lowest BCUT2D eigenvalue weighted by molar-refractivity contribution is 0.0718. The standard InChI is InChI=1S/C19H23FN4O2/c1-3-24-13-17(14(2)21-24)19(26)23-10-4-9-22(11-12-23)18(25)15-5-7-16(20)8-6-15/h5-8,13H,3-4,9-12H2,1-2H3. The molecule has 0 radical (unpaired) electrons. The summed E-state index contributed by atoms with van der Waals surface area (Å²) in [7, 11) is 0. The Bertz CT molecular complexity index is 800. The van der Waals surface area contributed by atoms with Crippen LogP contribution in [-0.4, -0.2) is 57.6 Å². The molecule has 0 atom stereocenters. The van der Waals surface area contributed by atoms with Gasteiger partial charge >= 0.3 is 0 Å². The van der Waals surface area contributed by atoms with Crippen LogP contribution >= 0.6 is 0 Å². The summed E-state index contributed by atoms with van der Waals surface area (Å²) in [6.07, 6.45) is 2.49. The molecule has 7 heteroatoms. The zero-order valence-corrected chi connectivity index (χ0v) is 15.1. The number of nitrogens with zero attached hydrogens (tertiary/aromatic N) is 4. The molecule has 2 amide bonds. The van der Waals surface area contributed by atoms with Gasteiger partial charge in [0.25, 0.3) is 11.8 Å². The number of halogens is 1. The van der Waals surface area contributed by atoms with E-state index in [0.717, 1.165) is 5.69 Å². The Morgan fingerprint density at radius 2 is 1.65 bits per heavy atom. The molecule has 138 valence electrons. The minimum absolute atomic E-state index is 0.0433. The van der Waals surface area contributed by atoms with Crippen molar-refractivity contribution in [3.05, 3.63) is 53.1 Å². The molecule has 2 heterocycles. The number of rotatable bonds is 3. The summed E-state index contributed by atoms with van der Waals surface area (Å²) in [5, 5.41) is 4.33. The van der Waals surface area contributed by atoms with Gasteiger partial charge in [-0.3, -0.25) is 14.3 Å². The van der Waals surface area contributed by atoms with Gasteiger partial charge in [0.1, 0.15) is 5.82 Å². The minimum atomic E-state index is -0.364. The highest BCUT2D eigenvalue weighted by Crippen LogP contribution is 2.14. The molecule has 1 aliphatic rings. The Morgan fingerprint density at radius 1 is 1.04 bits per heavy atom. The first-order chi connectivity index (χ1) is 12.5. The van der Waals surface area contributed by atoms with Crippen molar-refractivity contribution in [3.63, 3.8) is 0 Å². The van der Waals surface area contributed by atoms with Crippen molar-refractivity contribution in [3.8, 4) is 0 Å². The summed E-state index contributed by atoms with van der Waals surface area (Å²) in [5.74, 6) is -0.537. The van der Waals surface area contributed by atoms with Crippen LogP contribution in [0.1, 0.15) is 39.8 Å². The monoisotopic (exact) mass is 358 g/mol. The second kappa shape index (κ2) is 7.68. The first kappa shape index (κ1) is 18.1. The SMILES string of the molecule is CCn1cc(C(=O)N2CCCN(C(=O)c3ccc(F)cc3)CC2)c(C)n1. The number of carbonyl (C=O) groups is 2. The van der Waals surface area contributed by atoms with Crippen molar-refractivity contribution in [2.24, 2.45) is 0 Å². The van der Waals surface area contributed by atoms with Gasteiger partial charge in [-0.15, -0.1) is 0 Å². The van der Waals surface area contributed by atoms with E-state index in [1.165, 1.54) is 24.3 Å². The maximum absolute atomic E-state index is 13.0. The number of aromatic nitrogens is 2. The van der Waals surface area contributed by atoms with E-state index in [4.69, 9.17) is 0 Å². The van der Waals surface area contributed by atoms with E-state index in [2.05, 4.69) is 5.10 Å². The van der Waals surface area contributed by atoms with Crippen LogP contribution in [0, 0.1) is 12.7 Å². The predicted molar refractivity (Wildman–Crippen MR) is 95.5 cm³/mol. The molecular weight excluding hydrogens is 335 g/mol. The molecule has 0 aliphatic carbocycles. The second-order valence-electron chi connectivity index (χ2n) is 6.43. The highest BCUT2D eigenvalue weighted by atomic mass is 19.1. The molecule has 1 saturated heterocycles. The molecule has 0 spiro atoms. The molecule has 1 fully saturated rings. The van der Waals surface area contributed by atoms with Crippen molar-refractivity contribution >= 4 is 11.8 Å². The molecule has 2 aromatic rings. The molecule has 1 aliphatic heterocycles. The quantitative estimate of drug-likeness (QED) is 0.846. The van der Waals surface area contributed by atoms with Crippen LogP contribution in [0.5, 0.6) is 0 Å². The van der Waals surface area contributed by atoms with Gasteiger partial charge in [0.15, 0.2) is 0 Å². The summed E-state index contributed by atoms with van der Waals surface area (Å²) in [5.41, 5.74) is 1.80. The summed E-state index contributed by atoms with van der Waals surface area (Å²) in [6.45, 7) is 6.64. The number of carbonyl (C=O) groups excluding carboxylic acids is 2. The Kier molecular flexibility index (Phi) is 5.35. The van der Waals surface area contributed by atoms with Crippen molar-refractivity contribution in [2.75, 3.05) is 26.2 Å². The zero-order valence-electron chi connectivity index (χ0n) is 15.1. The zero-order chi connectivity index (χ0) is 18.7. The van der Waals surface area contributed by atoms with Crippen molar-refractivity contribution < 1.29 is 14.0 Å². The van der Waals surface area contributed by atoms with Crippen LogP contribution in [0.25, 0.3) is 0 Å². The van der Waals surface area contributed by atoms with Crippen molar-refractivity contribution in [1.29, 1.82) is 0 Å². The molecule has 0 bridgehead atoms. The highest BCUT2D eigenvalue weighted by molar-refractivity contribution is 5.96. The number of aryl methyl sites for hydroxylation is 2. The second-order valence-corrected chi connectivity index (χ2v) is 6.43. The Morgan fingerprint density at radius 3 is 2.23 bits per heavy atom. The first-order valence-corrected chi connectivity index (χ1v) is 8.87. The van der Waals surface area contributed by atoms with Gasteiger partial charge in [0.2, 0.25) is 0 Å². The van der Waals surface area contributed by atoms with Crippen molar-refractivity contribution in [1.82, 2.24) is 19.6 Å². The predicted octanol–water partition coefficient (Wildman–Crippen LogP) is 2.34. The van der Waals surface area contributed by atoms with E-state index in [-0.39, 0.29) is 17.6 Å². The molecular formula is C19H23FN4O2. The van der Waals surface area contributed by atoms with E-state index >= 15 is 0 Å². The van der Waals surface area contributed by atoms with Crippen LogP contribution < -0.4 is 0 Å². The van der Waals surface area contributed by atoms with E-state index in [9.17, 15) is 14.0 Å². The maximum Gasteiger partial charge on any atom is 0.257 e. The summed E-state index contributed by atoms with van der Waals surface area (Å²) in [4.78, 5) is 28.9. The summed E-state index contributed by atoms with van der Waals surface area (Å²) in [6, 6.07) is 5.56. The average molecular weight is 358 g/mol. The van der Waals surface area contributed by atoms with Gasteiger partial charge in [-0.05, 0) is 44.5 Å². The average Bonchev–Trinajstić information content (AvgIpc) is 2.86. The third-order valence-corrected chi connectivity index (χ3v) is 4.66. The number of benzene rings is 1. The van der Waals surface area contributed by atoms with Gasteiger partial charge in [-0.2, -0.15) is 5.10 Å².